The number of nitrogens with one attached hydrogen (secondary N) is 1. The second-order valence-corrected chi connectivity index (χ2v) is 8.00. The first-order valence-electron chi connectivity index (χ1n) is 8.64. The third-order valence-electron chi connectivity index (χ3n) is 3.82. The summed E-state index contributed by atoms with van der Waals surface area (Å²) in [6.45, 7) is 2.97. The third kappa shape index (κ3) is 5.37. The van der Waals surface area contributed by atoms with Gasteiger partial charge in [-0.1, -0.05) is 41.7 Å². The first-order chi connectivity index (χ1) is 13.2. The van der Waals surface area contributed by atoms with Gasteiger partial charge in [-0.3, -0.25) is 9.79 Å². The predicted molar refractivity (Wildman–Crippen MR) is 113 cm³/mol. The smallest absolute Gasteiger partial charge is 0.338 e. The molecule has 0 bridgehead atoms. The molecule has 1 heterocycles. The van der Waals surface area contributed by atoms with Crippen LogP contribution in [0.15, 0.2) is 53.5 Å². The zero-order valence-electron chi connectivity index (χ0n) is 14.9. The van der Waals surface area contributed by atoms with Crippen molar-refractivity contribution in [2.24, 2.45) is 4.99 Å². The largest absolute Gasteiger partial charge is 0.462 e. The Labute approximate surface area is 167 Å². The first-order valence-corrected chi connectivity index (χ1v) is 10.6. The van der Waals surface area contributed by atoms with Crippen molar-refractivity contribution in [3.05, 3.63) is 65.2 Å². The van der Waals surface area contributed by atoms with Crippen molar-refractivity contribution in [3.63, 3.8) is 0 Å². The van der Waals surface area contributed by atoms with E-state index in [0.29, 0.717) is 29.2 Å². The standard InChI is InChI=1S/C20H20N2O3S2/c1-2-25-19(24)14-7-9-16(10-8-14)22-18(23)17-6-4-3-5-15(17)13-27-20-21-11-12-26-20/h3-10H,2,11-13H2,1H3,(H,22,23). The highest BCUT2D eigenvalue weighted by atomic mass is 32.2. The van der Waals surface area contributed by atoms with Gasteiger partial charge in [-0.2, -0.15) is 0 Å². The predicted octanol–water partition coefficient (Wildman–Crippen LogP) is 4.45. The topological polar surface area (TPSA) is 67.8 Å². The minimum absolute atomic E-state index is 0.170. The molecule has 27 heavy (non-hydrogen) atoms. The van der Waals surface area contributed by atoms with Gasteiger partial charge < -0.3 is 10.1 Å². The highest BCUT2D eigenvalue weighted by Gasteiger charge is 2.14. The number of esters is 1. The van der Waals surface area contributed by atoms with Crippen LogP contribution in [0.4, 0.5) is 5.69 Å². The van der Waals surface area contributed by atoms with Crippen molar-refractivity contribution in [3.8, 4) is 0 Å². The maximum absolute atomic E-state index is 12.7. The Morgan fingerprint density at radius 2 is 1.96 bits per heavy atom. The van der Waals surface area contributed by atoms with Crippen molar-refractivity contribution >= 4 is 45.5 Å². The van der Waals surface area contributed by atoms with Crippen LogP contribution in [-0.4, -0.2) is 35.2 Å². The zero-order valence-corrected chi connectivity index (χ0v) is 16.6. The van der Waals surface area contributed by atoms with Crippen LogP contribution in [0, 0.1) is 0 Å². The normalized spacial score (nSPS) is 13.1. The Bertz CT molecular complexity index is 851. The van der Waals surface area contributed by atoms with E-state index in [9.17, 15) is 9.59 Å². The Morgan fingerprint density at radius 1 is 1.19 bits per heavy atom. The second kappa shape index (κ2) is 9.62. The van der Waals surface area contributed by atoms with E-state index in [1.807, 2.05) is 24.3 Å². The van der Waals surface area contributed by atoms with Gasteiger partial charge in [0.15, 0.2) is 0 Å². The number of hydrogen-bond donors (Lipinski definition) is 1. The van der Waals surface area contributed by atoms with E-state index in [4.69, 9.17) is 4.74 Å². The van der Waals surface area contributed by atoms with Crippen LogP contribution in [0.1, 0.15) is 33.2 Å². The van der Waals surface area contributed by atoms with Gasteiger partial charge >= 0.3 is 5.97 Å². The van der Waals surface area contributed by atoms with Crippen LogP contribution < -0.4 is 5.32 Å². The summed E-state index contributed by atoms with van der Waals surface area (Å²) in [7, 11) is 0. The molecule has 2 aromatic carbocycles. The number of thioether (sulfide) groups is 2. The molecule has 1 aliphatic heterocycles. The molecular weight excluding hydrogens is 380 g/mol. The quantitative estimate of drug-likeness (QED) is 0.726. The number of ether oxygens (including phenoxy) is 1. The molecule has 0 saturated heterocycles. The monoisotopic (exact) mass is 400 g/mol. The number of nitrogens with zero attached hydrogens (tertiary/aromatic N) is 1. The molecule has 1 N–H and O–H groups in total. The molecule has 0 fully saturated rings. The van der Waals surface area contributed by atoms with E-state index < -0.39 is 0 Å². The molecule has 1 amide bonds. The molecule has 1 aliphatic rings. The fourth-order valence-corrected chi connectivity index (χ4v) is 4.53. The van der Waals surface area contributed by atoms with Crippen LogP contribution in [0.2, 0.25) is 0 Å². The average Bonchev–Trinajstić information content (AvgIpc) is 3.21. The number of hydrogen-bond acceptors (Lipinski definition) is 6. The number of amides is 1. The zero-order chi connectivity index (χ0) is 19.1. The highest BCUT2D eigenvalue weighted by molar-refractivity contribution is 8.38. The Hall–Kier alpha value is -2.25. The SMILES string of the molecule is CCOC(=O)c1ccc(NC(=O)c2ccccc2CSC2=NCCS2)cc1. The number of benzene rings is 2. The molecule has 0 unspecified atom stereocenters. The molecule has 7 heteroatoms. The average molecular weight is 401 g/mol. The molecule has 0 aromatic heterocycles. The molecule has 140 valence electrons. The van der Waals surface area contributed by atoms with Crippen LogP contribution in [0.5, 0.6) is 0 Å². The van der Waals surface area contributed by atoms with Crippen LogP contribution in [0.3, 0.4) is 0 Å². The fourth-order valence-electron chi connectivity index (χ4n) is 2.51. The first kappa shape index (κ1) is 19.5. The van der Waals surface area contributed by atoms with E-state index in [1.165, 1.54) is 0 Å². The lowest BCUT2D eigenvalue weighted by Gasteiger charge is -2.10. The second-order valence-electron chi connectivity index (χ2n) is 5.69. The van der Waals surface area contributed by atoms with Crippen molar-refractivity contribution in [1.29, 1.82) is 0 Å². The van der Waals surface area contributed by atoms with Crippen molar-refractivity contribution in [2.45, 2.75) is 12.7 Å². The number of anilines is 1. The van der Waals surface area contributed by atoms with E-state index >= 15 is 0 Å². The van der Waals surface area contributed by atoms with Gasteiger partial charge in [0.25, 0.3) is 5.91 Å². The molecule has 0 spiro atoms. The summed E-state index contributed by atoms with van der Waals surface area (Å²) >= 11 is 3.43. The fraction of sp³-hybridized carbons (Fsp3) is 0.250. The minimum Gasteiger partial charge on any atom is -0.462 e. The highest BCUT2D eigenvalue weighted by Crippen LogP contribution is 2.26. The Kier molecular flexibility index (Phi) is 6.95. The van der Waals surface area contributed by atoms with Crippen molar-refractivity contribution in [2.75, 3.05) is 24.2 Å². The van der Waals surface area contributed by atoms with Crippen molar-refractivity contribution in [1.82, 2.24) is 0 Å². The lowest BCUT2D eigenvalue weighted by Crippen LogP contribution is -2.14. The molecule has 5 nitrogen and oxygen atoms in total. The van der Waals surface area contributed by atoms with Gasteiger partial charge in [0.05, 0.1) is 18.7 Å². The van der Waals surface area contributed by atoms with Gasteiger partial charge in [-0.05, 0) is 42.8 Å². The maximum atomic E-state index is 12.7. The number of aliphatic imine (C=N–C) groups is 1. The summed E-state index contributed by atoms with van der Waals surface area (Å²) in [5, 5.41) is 2.89. The van der Waals surface area contributed by atoms with E-state index in [0.717, 1.165) is 22.2 Å². The molecule has 0 radical (unpaired) electrons. The van der Waals surface area contributed by atoms with Gasteiger partial charge in [-0.25, -0.2) is 4.79 Å². The summed E-state index contributed by atoms with van der Waals surface area (Å²) in [5.74, 6) is 1.20. The van der Waals surface area contributed by atoms with E-state index in [2.05, 4.69) is 10.3 Å². The molecular formula is C20H20N2O3S2. The number of carbonyl (C=O) groups excluding carboxylic acids is 2. The Morgan fingerprint density at radius 3 is 2.67 bits per heavy atom. The summed E-state index contributed by atoms with van der Waals surface area (Å²) in [5.41, 5.74) is 2.70. The van der Waals surface area contributed by atoms with Gasteiger partial charge in [0, 0.05) is 22.8 Å². The maximum Gasteiger partial charge on any atom is 0.338 e. The molecule has 2 aromatic rings. The summed E-state index contributed by atoms with van der Waals surface area (Å²) in [6.07, 6.45) is 0. The van der Waals surface area contributed by atoms with E-state index in [-0.39, 0.29) is 11.9 Å². The van der Waals surface area contributed by atoms with Crippen molar-refractivity contribution < 1.29 is 14.3 Å². The minimum atomic E-state index is -0.370. The lowest BCUT2D eigenvalue weighted by atomic mass is 10.1. The Balaban J connectivity index is 1.66. The van der Waals surface area contributed by atoms with Gasteiger partial charge in [0.2, 0.25) is 0 Å². The van der Waals surface area contributed by atoms with E-state index in [1.54, 1.807) is 54.7 Å². The summed E-state index contributed by atoms with van der Waals surface area (Å²) in [4.78, 5) is 28.8. The summed E-state index contributed by atoms with van der Waals surface area (Å²) in [6, 6.07) is 14.3. The van der Waals surface area contributed by atoms with Crippen LogP contribution in [-0.2, 0) is 10.5 Å². The lowest BCUT2D eigenvalue weighted by molar-refractivity contribution is 0.0526. The number of carbonyl (C=O) groups is 2. The van der Waals surface area contributed by atoms with Gasteiger partial charge in [-0.15, -0.1) is 0 Å². The summed E-state index contributed by atoms with van der Waals surface area (Å²) < 4.78 is 6.05. The van der Waals surface area contributed by atoms with Crippen LogP contribution >= 0.6 is 23.5 Å². The molecule has 3 rings (SSSR count). The van der Waals surface area contributed by atoms with Gasteiger partial charge in [0.1, 0.15) is 4.38 Å². The number of rotatable bonds is 6. The molecule has 0 aliphatic carbocycles. The van der Waals surface area contributed by atoms with Crippen LogP contribution in [0.25, 0.3) is 0 Å². The molecule has 0 atom stereocenters. The third-order valence-corrected chi connectivity index (χ3v) is 6.13. The molecule has 0 saturated carbocycles.